The Bertz CT molecular complexity index is 537. The standard InChI is InChI=1S/C13H15Cl2N3/c1-3-13(17-10-7-16-18(2)8-10)11-5-4-9(14)6-12(11)15/h4-8,13,17H,3H2,1-2H3/t13-/m1/s1. The van der Waals surface area contributed by atoms with Crippen molar-refractivity contribution < 1.29 is 0 Å². The smallest absolute Gasteiger partial charge is 0.0731 e. The fourth-order valence-corrected chi connectivity index (χ4v) is 2.42. The molecule has 1 atom stereocenters. The summed E-state index contributed by atoms with van der Waals surface area (Å²) in [6.45, 7) is 2.11. The first-order valence-electron chi connectivity index (χ1n) is 5.80. The van der Waals surface area contributed by atoms with Crippen molar-refractivity contribution in [3.8, 4) is 0 Å². The quantitative estimate of drug-likeness (QED) is 0.907. The third-order valence-electron chi connectivity index (χ3n) is 2.79. The van der Waals surface area contributed by atoms with E-state index in [2.05, 4.69) is 17.3 Å². The predicted octanol–water partition coefficient (Wildman–Crippen LogP) is 4.29. The summed E-state index contributed by atoms with van der Waals surface area (Å²) in [6, 6.07) is 5.74. The molecule has 0 unspecified atom stereocenters. The first-order valence-corrected chi connectivity index (χ1v) is 6.56. The van der Waals surface area contributed by atoms with E-state index in [0.717, 1.165) is 17.7 Å². The molecule has 1 N–H and O–H groups in total. The van der Waals surface area contributed by atoms with E-state index < -0.39 is 0 Å². The van der Waals surface area contributed by atoms with Crippen LogP contribution < -0.4 is 5.32 Å². The normalized spacial score (nSPS) is 12.4. The minimum Gasteiger partial charge on any atom is -0.376 e. The van der Waals surface area contributed by atoms with Crippen molar-refractivity contribution >= 4 is 28.9 Å². The second-order valence-corrected chi connectivity index (χ2v) is 5.02. The molecule has 0 radical (unpaired) electrons. The van der Waals surface area contributed by atoms with Crippen LogP contribution in [0.1, 0.15) is 24.9 Å². The van der Waals surface area contributed by atoms with E-state index in [1.165, 1.54) is 0 Å². The number of nitrogens with one attached hydrogen (secondary N) is 1. The Labute approximate surface area is 117 Å². The molecule has 1 aromatic heterocycles. The Morgan fingerprint density at radius 2 is 2.17 bits per heavy atom. The van der Waals surface area contributed by atoms with Gasteiger partial charge in [-0.3, -0.25) is 4.68 Å². The molecule has 0 amide bonds. The number of benzene rings is 1. The van der Waals surface area contributed by atoms with E-state index >= 15 is 0 Å². The maximum absolute atomic E-state index is 6.23. The van der Waals surface area contributed by atoms with Crippen LogP contribution in [-0.4, -0.2) is 9.78 Å². The van der Waals surface area contributed by atoms with Gasteiger partial charge in [0.25, 0.3) is 0 Å². The lowest BCUT2D eigenvalue weighted by molar-refractivity contribution is 0.747. The lowest BCUT2D eigenvalue weighted by atomic mass is 10.0. The van der Waals surface area contributed by atoms with Crippen LogP contribution in [0.15, 0.2) is 30.6 Å². The molecule has 0 saturated carbocycles. The number of aryl methyl sites for hydroxylation is 1. The molecule has 0 spiro atoms. The van der Waals surface area contributed by atoms with E-state index in [-0.39, 0.29) is 6.04 Å². The van der Waals surface area contributed by atoms with Gasteiger partial charge in [0.1, 0.15) is 0 Å². The average molecular weight is 284 g/mol. The highest BCUT2D eigenvalue weighted by Gasteiger charge is 2.13. The van der Waals surface area contributed by atoms with Crippen molar-refractivity contribution in [2.24, 2.45) is 7.05 Å². The maximum atomic E-state index is 6.23. The van der Waals surface area contributed by atoms with Gasteiger partial charge in [0.2, 0.25) is 0 Å². The predicted molar refractivity (Wildman–Crippen MR) is 76.3 cm³/mol. The first kappa shape index (κ1) is 13.2. The van der Waals surface area contributed by atoms with Crippen molar-refractivity contribution in [3.63, 3.8) is 0 Å². The number of nitrogens with zero attached hydrogens (tertiary/aromatic N) is 2. The Balaban J connectivity index is 2.22. The van der Waals surface area contributed by atoms with Crippen molar-refractivity contribution in [2.45, 2.75) is 19.4 Å². The number of anilines is 1. The minimum absolute atomic E-state index is 0.152. The molecule has 96 valence electrons. The van der Waals surface area contributed by atoms with Crippen LogP contribution in [0.3, 0.4) is 0 Å². The molecule has 1 heterocycles. The molecule has 0 aliphatic carbocycles. The van der Waals surface area contributed by atoms with Crippen LogP contribution in [-0.2, 0) is 7.05 Å². The number of halogens is 2. The summed E-state index contributed by atoms with van der Waals surface area (Å²) in [7, 11) is 1.89. The first-order chi connectivity index (χ1) is 8.60. The van der Waals surface area contributed by atoms with E-state index in [1.54, 1.807) is 16.9 Å². The molecule has 2 rings (SSSR count). The molecular weight excluding hydrogens is 269 g/mol. The van der Waals surface area contributed by atoms with Gasteiger partial charge in [0, 0.05) is 23.3 Å². The Kier molecular flexibility index (Phi) is 4.15. The number of hydrogen-bond acceptors (Lipinski definition) is 2. The zero-order valence-corrected chi connectivity index (χ0v) is 11.8. The monoisotopic (exact) mass is 283 g/mol. The molecule has 0 fully saturated rings. The zero-order valence-electron chi connectivity index (χ0n) is 10.3. The van der Waals surface area contributed by atoms with Gasteiger partial charge in [-0.2, -0.15) is 5.10 Å². The van der Waals surface area contributed by atoms with Gasteiger partial charge in [-0.1, -0.05) is 36.2 Å². The molecule has 0 saturated heterocycles. The lowest BCUT2D eigenvalue weighted by Gasteiger charge is -2.18. The molecular formula is C13H15Cl2N3. The fraction of sp³-hybridized carbons (Fsp3) is 0.308. The van der Waals surface area contributed by atoms with E-state index in [9.17, 15) is 0 Å². The van der Waals surface area contributed by atoms with Gasteiger partial charge in [0.05, 0.1) is 17.9 Å². The fourth-order valence-electron chi connectivity index (χ4n) is 1.88. The second kappa shape index (κ2) is 5.63. The van der Waals surface area contributed by atoms with Crippen LogP contribution >= 0.6 is 23.2 Å². The highest BCUT2D eigenvalue weighted by atomic mass is 35.5. The van der Waals surface area contributed by atoms with Crippen LogP contribution in [0.25, 0.3) is 0 Å². The second-order valence-electron chi connectivity index (χ2n) is 4.17. The zero-order chi connectivity index (χ0) is 13.1. The van der Waals surface area contributed by atoms with Crippen molar-refractivity contribution in [1.29, 1.82) is 0 Å². The molecule has 0 aliphatic heterocycles. The van der Waals surface area contributed by atoms with Gasteiger partial charge < -0.3 is 5.32 Å². The number of rotatable bonds is 4. The minimum atomic E-state index is 0.152. The molecule has 0 aliphatic rings. The number of hydrogen-bond donors (Lipinski definition) is 1. The lowest BCUT2D eigenvalue weighted by Crippen LogP contribution is -2.09. The third kappa shape index (κ3) is 2.98. The van der Waals surface area contributed by atoms with Crippen LogP contribution in [0.2, 0.25) is 10.0 Å². The maximum Gasteiger partial charge on any atom is 0.0731 e. The summed E-state index contributed by atoms with van der Waals surface area (Å²) in [5, 5.41) is 8.89. The largest absolute Gasteiger partial charge is 0.376 e. The number of aromatic nitrogens is 2. The topological polar surface area (TPSA) is 29.9 Å². The molecule has 0 bridgehead atoms. The highest BCUT2D eigenvalue weighted by molar-refractivity contribution is 6.35. The average Bonchev–Trinajstić information content (AvgIpc) is 2.72. The summed E-state index contributed by atoms with van der Waals surface area (Å²) in [5.41, 5.74) is 2.03. The third-order valence-corrected chi connectivity index (χ3v) is 3.35. The van der Waals surface area contributed by atoms with Gasteiger partial charge in [-0.05, 0) is 24.1 Å². The van der Waals surface area contributed by atoms with E-state index in [1.807, 2.05) is 25.4 Å². The summed E-state index contributed by atoms with van der Waals surface area (Å²) in [4.78, 5) is 0. The summed E-state index contributed by atoms with van der Waals surface area (Å²) in [6.07, 6.45) is 4.66. The van der Waals surface area contributed by atoms with Gasteiger partial charge in [-0.25, -0.2) is 0 Å². The van der Waals surface area contributed by atoms with Gasteiger partial charge in [0.15, 0.2) is 0 Å². The molecule has 18 heavy (non-hydrogen) atoms. The SMILES string of the molecule is CC[C@@H](Nc1cnn(C)c1)c1ccc(Cl)cc1Cl. The highest BCUT2D eigenvalue weighted by Crippen LogP contribution is 2.30. The van der Waals surface area contributed by atoms with Crippen molar-refractivity contribution in [2.75, 3.05) is 5.32 Å². The molecule has 2 aromatic rings. The summed E-state index contributed by atoms with van der Waals surface area (Å²) >= 11 is 12.1. The van der Waals surface area contributed by atoms with Crippen LogP contribution in [0.5, 0.6) is 0 Å². The Hall–Kier alpha value is -1.19. The van der Waals surface area contributed by atoms with Crippen LogP contribution in [0, 0.1) is 0 Å². The van der Waals surface area contributed by atoms with Crippen LogP contribution in [0.4, 0.5) is 5.69 Å². The van der Waals surface area contributed by atoms with Gasteiger partial charge >= 0.3 is 0 Å². The Morgan fingerprint density at radius 3 is 2.72 bits per heavy atom. The van der Waals surface area contributed by atoms with Gasteiger partial charge in [-0.15, -0.1) is 0 Å². The van der Waals surface area contributed by atoms with Crippen molar-refractivity contribution in [1.82, 2.24) is 9.78 Å². The molecule has 5 heteroatoms. The summed E-state index contributed by atoms with van der Waals surface area (Å²) in [5.74, 6) is 0. The van der Waals surface area contributed by atoms with E-state index in [0.29, 0.717) is 10.0 Å². The van der Waals surface area contributed by atoms with Crippen molar-refractivity contribution in [3.05, 3.63) is 46.2 Å². The Morgan fingerprint density at radius 1 is 1.39 bits per heavy atom. The molecule has 1 aromatic carbocycles. The van der Waals surface area contributed by atoms with E-state index in [4.69, 9.17) is 23.2 Å². The summed E-state index contributed by atoms with van der Waals surface area (Å²) < 4.78 is 1.76. The molecule has 3 nitrogen and oxygen atoms in total.